The van der Waals surface area contributed by atoms with E-state index in [0.717, 1.165) is 9.87 Å². The first-order valence-corrected chi connectivity index (χ1v) is 11.4. The van der Waals surface area contributed by atoms with Crippen LogP contribution in [0.5, 0.6) is 0 Å². The fourth-order valence-electron chi connectivity index (χ4n) is 3.28. The molecule has 1 saturated heterocycles. The van der Waals surface area contributed by atoms with E-state index in [-0.39, 0.29) is 48.3 Å². The van der Waals surface area contributed by atoms with Crippen LogP contribution in [0.2, 0.25) is 5.02 Å². The Balaban J connectivity index is 1.75. The topological polar surface area (TPSA) is 95.6 Å². The quantitative estimate of drug-likeness (QED) is 0.708. The second kappa shape index (κ2) is 9.16. The second-order valence-electron chi connectivity index (χ2n) is 7.46. The van der Waals surface area contributed by atoms with E-state index < -0.39 is 10.0 Å². The molecule has 9 heteroatoms. The predicted molar refractivity (Wildman–Crippen MR) is 115 cm³/mol. The zero-order valence-electron chi connectivity index (χ0n) is 16.8. The second-order valence-corrected chi connectivity index (χ2v) is 9.83. The van der Waals surface area contributed by atoms with Crippen molar-refractivity contribution in [2.75, 3.05) is 19.6 Å². The molecule has 1 aliphatic rings. The lowest BCUT2D eigenvalue weighted by Gasteiger charge is -2.26. The summed E-state index contributed by atoms with van der Waals surface area (Å²) in [5, 5.41) is 6.22. The molecule has 0 aromatic heterocycles. The van der Waals surface area contributed by atoms with E-state index in [0.29, 0.717) is 10.6 Å². The summed E-state index contributed by atoms with van der Waals surface area (Å²) in [6.45, 7) is 4.29. The van der Waals surface area contributed by atoms with Gasteiger partial charge in [0.05, 0.1) is 17.5 Å². The average Bonchev–Trinajstić information content (AvgIpc) is 2.72. The molecule has 2 amide bonds. The van der Waals surface area contributed by atoms with Gasteiger partial charge in [0.2, 0.25) is 15.9 Å². The maximum Gasteiger partial charge on any atom is 0.251 e. The molecule has 1 atom stereocenters. The lowest BCUT2D eigenvalue weighted by atomic mass is 9.95. The standard InChI is InChI=1S/C21H24ClN3O4S/c1-14(2)20(15-3-7-17(22)8-4-15)24-21(27)16-5-9-18(10-6-16)30(28,29)25-12-11-23-19(26)13-25/h3-10,14,20H,11-13H2,1-2H3,(H,23,26)(H,24,27). The van der Waals surface area contributed by atoms with Crippen LogP contribution in [0.4, 0.5) is 0 Å². The van der Waals surface area contributed by atoms with Gasteiger partial charge in [0.1, 0.15) is 0 Å². The monoisotopic (exact) mass is 449 g/mol. The number of sulfonamides is 1. The van der Waals surface area contributed by atoms with Crippen LogP contribution in [-0.4, -0.2) is 44.2 Å². The summed E-state index contributed by atoms with van der Waals surface area (Å²) < 4.78 is 26.6. The highest BCUT2D eigenvalue weighted by Gasteiger charge is 2.29. The maximum atomic E-state index is 12.8. The molecule has 2 N–H and O–H groups in total. The Kier molecular flexibility index (Phi) is 6.80. The molecule has 1 fully saturated rings. The van der Waals surface area contributed by atoms with Crippen LogP contribution in [0.3, 0.4) is 0 Å². The Bertz CT molecular complexity index is 1020. The molecule has 1 heterocycles. The summed E-state index contributed by atoms with van der Waals surface area (Å²) in [5.41, 5.74) is 1.29. The molecule has 0 radical (unpaired) electrons. The SMILES string of the molecule is CC(C)C(NC(=O)c1ccc(S(=O)(=O)N2CCNC(=O)C2)cc1)c1ccc(Cl)cc1. The summed E-state index contributed by atoms with van der Waals surface area (Å²) in [5.74, 6) is -0.493. The van der Waals surface area contributed by atoms with E-state index in [4.69, 9.17) is 11.6 Å². The molecule has 3 rings (SSSR count). The van der Waals surface area contributed by atoms with E-state index in [1.807, 2.05) is 26.0 Å². The summed E-state index contributed by atoms with van der Waals surface area (Å²) in [7, 11) is -3.79. The number of carbonyl (C=O) groups is 2. The minimum absolute atomic E-state index is 0.0480. The Morgan fingerprint density at radius 1 is 1.10 bits per heavy atom. The van der Waals surface area contributed by atoms with Gasteiger partial charge in [-0.05, 0) is 47.9 Å². The van der Waals surface area contributed by atoms with Crippen molar-refractivity contribution in [3.05, 3.63) is 64.7 Å². The number of carbonyl (C=O) groups excluding carboxylic acids is 2. The average molecular weight is 450 g/mol. The first-order valence-electron chi connectivity index (χ1n) is 9.61. The normalized spacial score (nSPS) is 16.2. The van der Waals surface area contributed by atoms with Crippen molar-refractivity contribution in [3.63, 3.8) is 0 Å². The van der Waals surface area contributed by atoms with Gasteiger partial charge in [-0.1, -0.05) is 37.6 Å². The van der Waals surface area contributed by atoms with Crippen LogP contribution in [0, 0.1) is 5.92 Å². The van der Waals surface area contributed by atoms with Crippen molar-refractivity contribution < 1.29 is 18.0 Å². The molecule has 30 heavy (non-hydrogen) atoms. The van der Waals surface area contributed by atoms with Gasteiger partial charge in [0.25, 0.3) is 5.91 Å². The van der Waals surface area contributed by atoms with E-state index >= 15 is 0 Å². The van der Waals surface area contributed by atoms with E-state index in [2.05, 4.69) is 10.6 Å². The minimum Gasteiger partial charge on any atom is -0.354 e. The van der Waals surface area contributed by atoms with Crippen LogP contribution in [0.1, 0.15) is 35.8 Å². The molecular formula is C21H24ClN3O4S. The van der Waals surface area contributed by atoms with Crippen molar-refractivity contribution >= 4 is 33.4 Å². The number of nitrogens with zero attached hydrogens (tertiary/aromatic N) is 1. The summed E-state index contributed by atoms with van der Waals surface area (Å²) in [4.78, 5) is 24.3. The Morgan fingerprint density at radius 2 is 1.73 bits per heavy atom. The number of benzene rings is 2. The highest BCUT2D eigenvalue weighted by atomic mass is 35.5. The van der Waals surface area contributed by atoms with Crippen molar-refractivity contribution in [1.29, 1.82) is 0 Å². The number of amides is 2. The van der Waals surface area contributed by atoms with Gasteiger partial charge >= 0.3 is 0 Å². The van der Waals surface area contributed by atoms with Gasteiger partial charge < -0.3 is 10.6 Å². The molecule has 0 aliphatic carbocycles. The Hall–Kier alpha value is -2.42. The van der Waals surface area contributed by atoms with Crippen LogP contribution >= 0.6 is 11.6 Å². The number of rotatable bonds is 6. The summed E-state index contributed by atoms with van der Waals surface area (Å²) in [6, 6.07) is 12.8. The highest BCUT2D eigenvalue weighted by molar-refractivity contribution is 7.89. The van der Waals surface area contributed by atoms with Gasteiger partial charge in [0.15, 0.2) is 0 Å². The lowest BCUT2D eigenvalue weighted by Crippen LogP contribution is -2.49. The first kappa shape index (κ1) is 22.3. The summed E-state index contributed by atoms with van der Waals surface area (Å²) in [6.07, 6.45) is 0. The molecule has 2 aromatic rings. The zero-order chi connectivity index (χ0) is 21.9. The zero-order valence-corrected chi connectivity index (χ0v) is 18.3. The van der Waals surface area contributed by atoms with Crippen molar-refractivity contribution in [3.8, 4) is 0 Å². The number of nitrogens with one attached hydrogen (secondary N) is 2. The number of hydrogen-bond acceptors (Lipinski definition) is 4. The number of hydrogen-bond donors (Lipinski definition) is 2. The highest BCUT2D eigenvalue weighted by Crippen LogP contribution is 2.24. The predicted octanol–water partition coefficient (Wildman–Crippen LogP) is 2.59. The fourth-order valence-corrected chi connectivity index (χ4v) is 4.80. The maximum absolute atomic E-state index is 12.8. The third kappa shape index (κ3) is 5.00. The van der Waals surface area contributed by atoms with E-state index in [1.54, 1.807) is 12.1 Å². The van der Waals surface area contributed by atoms with Gasteiger partial charge in [0, 0.05) is 23.7 Å². The Morgan fingerprint density at radius 3 is 2.30 bits per heavy atom. The van der Waals surface area contributed by atoms with Crippen molar-refractivity contribution in [1.82, 2.24) is 14.9 Å². The third-order valence-corrected chi connectivity index (χ3v) is 7.05. The first-order chi connectivity index (χ1) is 14.2. The van der Waals surface area contributed by atoms with Crippen LogP contribution in [-0.2, 0) is 14.8 Å². The lowest BCUT2D eigenvalue weighted by molar-refractivity contribution is -0.122. The molecule has 160 valence electrons. The number of halogens is 1. The van der Waals surface area contributed by atoms with Gasteiger partial charge in [-0.25, -0.2) is 8.42 Å². The molecule has 0 saturated carbocycles. The molecule has 7 nitrogen and oxygen atoms in total. The molecule has 1 aliphatic heterocycles. The largest absolute Gasteiger partial charge is 0.354 e. The van der Waals surface area contributed by atoms with Crippen LogP contribution in [0.15, 0.2) is 53.4 Å². The van der Waals surface area contributed by atoms with Crippen LogP contribution in [0.25, 0.3) is 0 Å². The third-order valence-electron chi connectivity index (χ3n) is 4.94. The molecule has 0 bridgehead atoms. The van der Waals surface area contributed by atoms with Crippen molar-refractivity contribution in [2.24, 2.45) is 5.92 Å². The van der Waals surface area contributed by atoms with Gasteiger partial charge in [-0.15, -0.1) is 0 Å². The smallest absolute Gasteiger partial charge is 0.251 e. The van der Waals surface area contributed by atoms with E-state index in [9.17, 15) is 18.0 Å². The molecule has 1 unspecified atom stereocenters. The van der Waals surface area contributed by atoms with E-state index in [1.165, 1.54) is 24.3 Å². The van der Waals surface area contributed by atoms with Gasteiger partial charge in [-0.3, -0.25) is 9.59 Å². The summed E-state index contributed by atoms with van der Waals surface area (Å²) >= 11 is 5.95. The number of piperazine rings is 1. The fraction of sp³-hybridized carbons (Fsp3) is 0.333. The molecular weight excluding hydrogens is 426 g/mol. The van der Waals surface area contributed by atoms with Crippen LogP contribution < -0.4 is 10.6 Å². The molecule has 0 spiro atoms. The van der Waals surface area contributed by atoms with Crippen molar-refractivity contribution in [2.45, 2.75) is 24.8 Å². The Labute approximate surface area is 181 Å². The molecule has 2 aromatic carbocycles. The minimum atomic E-state index is -3.79. The van der Waals surface area contributed by atoms with Gasteiger partial charge in [-0.2, -0.15) is 4.31 Å².